The summed E-state index contributed by atoms with van der Waals surface area (Å²) in [5.74, 6) is -2.87. The van der Waals surface area contributed by atoms with Crippen molar-refractivity contribution in [2.75, 3.05) is 19.8 Å². The number of nitrogens with zero attached hydrogens (tertiary/aromatic N) is 2. The van der Waals surface area contributed by atoms with Crippen LogP contribution in [0.4, 0.5) is 13.2 Å². The molecular formula is C19H15BrClF3N2O5. The third kappa shape index (κ3) is 6.00. The molecule has 31 heavy (non-hydrogen) atoms. The number of ether oxygens (including phenoxy) is 3. The zero-order chi connectivity index (χ0) is 23.2. The second kappa shape index (κ2) is 10.7. The van der Waals surface area contributed by atoms with E-state index in [9.17, 15) is 28.0 Å². The lowest BCUT2D eigenvalue weighted by Crippen LogP contribution is -2.25. The van der Waals surface area contributed by atoms with Gasteiger partial charge >= 0.3 is 18.1 Å². The van der Waals surface area contributed by atoms with Gasteiger partial charge < -0.3 is 18.8 Å². The van der Waals surface area contributed by atoms with Crippen LogP contribution in [0, 0.1) is 11.3 Å². The average Bonchev–Trinajstić information content (AvgIpc) is 3.01. The number of benzene rings is 1. The van der Waals surface area contributed by atoms with E-state index in [1.165, 1.54) is 24.3 Å². The Morgan fingerprint density at radius 1 is 1.16 bits per heavy atom. The summed E-state index contributed by atoms with van der Waals surface area (Å²) in [6.45, 7) is 0.924. The summed E-state index contributed by atoms with van der Waals surface area (Å²) in [6.07, 6.45) is -4.90. The van der Waals surface area contributed by atoms with Crippen LogP contribution >= 0.6 is 27.5 Å². The molecule has 0 aliphatic carbocycles. The predicted octanol–water partition coefficient (Wildman–Crippen LogP) is 4.54. The third-order valence-corrected chi connectivity index (χ3v) is 4.88. The third-order valence-electron chi connectivity index (χ3n) is 3.86. The highest BCUT2D eigenvalue weighted by atomic mass is 79.9. The minimum absolute atomic E-state index is 0.0462. The highest BCUT2D eigenvalue weighted by Gasteiger charge is 2.41. The van der Waals surface area contributed by atoms with Crippen LogP contribution in [-0.4, -0.2) is 36.3 Å². The minimum atomic E-state index is -4.90. The van der Waals surface area contributed by atoms with E-state index >= 15 is 0 Å². The van der Waals surface area contributed by atoms with Crippen LogP contribution in [0.3, 0.4) is 0 Å². The second-order valence-corrected chi connectivity index (χ2v) is 7.05. The molecule has 166 valence electrons. The summed E-state index contributed by atoms with van der Waals surface area (Å²) in [5, 5.41) is 9.77. The van der Waals surface area contributed by atoms with Crippen molar-refractivity contribution < 1.29 is 37.0 Å². The number of hydrogen-bond acceptors (Lipinski definition) is 6. The van der Waals surface area contributed by atoms with Crippen molar-refractivity contribution in [1.82, 2.24) is 4.57 Å². The molecule has 1 aromatic heterocycles. The largest absolute Gasteiger partial charge is 0.455 e. The van der Waals surface area contributed by atoms with E-state index in [0.29, 0.717) is 16.2 Å². The van der Waals surface area contributed by atoms with Gasteiger partial charge in [-0.25, -0.2) is 9.59 Å². The number of carbonyl (C=O) groups excluding carboxylic acids is 2. The van der Waals surface area contributed by atoms with E-state index in [1.54, 1.807) is 13.0 Å². The lowest BCUT2D eigenvalue weighted by Gasteiger charge is -2.16. The first-order chi connectivity index (χ1) is 14.6. The van der Waals surface area contributed by atoms with Crippen molar-refractivity contribution in [3.05, 3.63) is 45.0 Å². The first-order valence-corrected chi connectivity index (χ1v) is 9.85. The number of nitriles is 1. The minimum Gasteiger partial charge on any atom is -0.455 e. The van der Waals surface area contributed by atoms with Gasteiger partial charge in [0.2, 0.25) is 0 Å². The van der Waals surface area contributed by atoms with E-state index in [2.05, 4.69) is 20.7 Å². The van der Waals surface area contributed by atoms with Gasteiger partial charge in [0, 0.05) is 11.6 Å². The highest BCUT2D eigenvalue weighted by molar-refractivity contribution is 9.10. The van der Waals surface area contributed by atoms with Crippen LogP contribution in [0.25, 0.3) is 11.3 Å². The van der Waals surface area contributed by atoms with E-state index in [-0.39, 0.29) is 30.0 Å². The maximum Gasteiger partial charge on any atom is 0.432 e. The fourth-order valence-electron chi connectivity index (χ4n) is 2.58. The number of alkyl halides is 3. The number of carbonyl (C=O) groups is 2. The van der Waals surface area contributed by atoms with Gasteiger partial charge in [0.25, 0.3) is 0 Å². The molecule has 0 N–H and O–H groups in total. The topological polar surface area (TPSA) is 90.5 Å². The molecule has 0 amide bonds. The standard InChI is InChI=1S/C19H15BrClF3N2O5/c1-2-29-7-8-30-17(27)18(28)31-10-26-15(11-3-5-12(21)6-4-11)13(9-25)14(20)16(26)19(22,23)24/h3-6H,2,7-8,10H2,1H3. The SMILES string of the molecule is CCOCCOC(=O)C(=O)OCn1c(-c2ccc(Cl)cc2)c(C#N)c(Br)c1C(F)(F)F. The van der Waals surface area contributed by atoms with E-state index in [1.807, 2.05) is 0 Å². The van der Waals surface area contributed by atoms with Crippen molar-refractivity contribution in [2.24, 2.45) is 0 Å². The van der Waals surface area contributed by atoms with E-state index < -0.39 is 35.0 Å². The van der Waals surface area contributed by atoms with Crippen LogP contribution in [-0.2, 0) is 36.7 Å². The summed E-state index contributed by atoms with van der Waals surface area (Å²) < 4.78 is 55.5. The molecule has 0 radical (unpaired) electrons. The summed E-state index contributed by atoms with van der Waals surface area (Å²) >= 11 is 8.64. The Hall–Kier alpha value is -2.55. The monoisotopic (exact) mass is 522 g/mol. The summed E-state index contributed by atoms with van der Waals surface area (Å²) in [5.41, 5.74) is -1.54. The van der Waals surface area contributed by atoms with E-state index in [0.717, 1.165) is 0 Å². The number of aromatic nitrogens is 1. The summed E-state index contributed by atoms with van der Waals surface area (Å²) in [4.78, 5) is 23.5. The highest BCUT2D eigenvalue weighted by Crippen LogP contribution is 2.43. The second-order valence-electron chi connectivity index (χ2n) is 5.82. The van der Waals surface area contributed by atoms with Gasteiger partial charge in [-0.2, -0.15) is 18.4 Å². The van der Waals surface area contributed by atoms with Crippen molar-refractivity contribution in [3.8, 4) is 17.3 Å². The molecule has 0 spiro atoms. The van der Waals surface area contributed by atoms with Crippen molar-refractivity contribution in [2.45, 2.75) is 19.8 Å². The molecule has 1 heterocycles. The Bertz CT molecular complexity index is 1000. The van der Waals surface area contributed by atoms with Gasteiger partial charge in [-0.15, -0.1) is 0 Å². The quantitative estimate of drug-likeness (QED) is 0.301. The normalized spacial score (nSPS) is 11.1. The molecule has 0 atom stereocenters. The van der Waals surface area contributed by atoms with Crippen LogP contribution in [0.5, 0.6) is 0 Å². The molecule has 0 fully saturated rings. The fraction of sp³-hybridized carbons (Fsp3) is 0.316. The number of hydrogen-bond donors (Lipinski definition) is 0. The van der Waals surface area contributed by atoms with Crippen LogP contribution in [0.1, 0.15) is 18.2 Å². The Morgan fingerprint density at radius 3 is 2.32 bits per heavy atom. The lowest BCUT2D eigenvalue weighted by atomic mass is 10.1. The Kier molecular flexibility index (Phi) is 8.50. The Morgan fingerprint density at radius 2 is 1.77 bits per heavy atom. The number of halogens is 5. The molecule has 0 unspecified atom stereocenters. The molecule has 0 aliphatic heterocycles. The molecule has 0 aliphatic rings. The lowest BCUT2D eigenvalue weighted by molar-refractivity contribution is -0.172. The van der Waals surface area contributed by atoms with Gasteiger partial charge in [-0.1, -0.05) is 23.7 Å². The molecule has 7 nitrogen and oxygen atoms in total. The Labute approximate surface area is 188 Å². The fourth-order valence-corrected chi connectivity index (χ4v) is 3.42. The molecular weight excluding hydrogens is 509 g/mol. The first-order valence-electron chi connectivity index (χ1n) is 8.68. The molecule has 0 saturated heterocycles. The first kappa shape index (κ1) is 24.7. The molecule has 12 heteroatoms. The zero-order valence-electron chi connectivity index (χ0n) is 16.0. The van der Waals surface area contributed by atoms with Gasteiger partial charge in [0.05, 0.1) is 22.3 Å². The van der Waals surface area contributed by atoms with Crippen molar-refractivity contribution >= 4 is 39.5 Å². The number of esters is 2. The predicted molar refractivity (Wildman–Crippen MR) is 106 cm³/mol. The smallest absolute Gasteiger partial charge is 0.432 e. The van der Waals surface area contributed by atoms with Crippen molar-refractivity contribution in [3.63, 3.8) is 0 Å². The number of rotatable bonds is 7. The summed E-state index contributed by atoms with van der Waals surface area (Å²) in [7, 11) is 0. The van der Waals surface area contributed by atoms with Crippen LogP contribution in [0.15, 0.2) is 28.7 Å². The zero-order valence-corrected chi connectivity index (χ0v) is 18.3. The molecule has 0 saturated carbocycles. The van der Waals surface area contributed by atoms with Gasteiger partial charge in [-0.05, 0) is 40.5 Å². The molecule has 2 aromatic rings. The van der Waals surface area contributed by atoms with Crippen LogP contribution < -0.4 is 0 Å². The van der Waals surface area contributed by atoms with Gasteiger partial charge in [-0.3, -0.25) is 0 Å². The molecule has 0 bridgehead atoms. The molecule has 1 aromatic carbocycles. The molecule has 2 rings (SSSR count). The average molecular weight is 524 g/mol. The maximum absolute atomic E-state index is 13.7. The van der Waals surface area contributed by atoms with Gasteiger partial charge in [0.1, 0.15) is 18.4 Å². The van der Waals surface area contributed by atoms with Gasteiger partial charge in [0.15, 0.2) is 6.73 Å². The maximum atomic E-state index is 13.7. The Balaban J connectivity index is 2.39. The van der Waals surface area contributed by atoms with E-state index in [4.69, 9.17) is 21.1 Å². The van der Waals surface area contributed by atoms with Crippen LogP contribution in [0.2, 0.25) is 5.02 Å². The summed E-state index contributed by atoms with van der Waals surface area (Å²) in [6, 6.07) is 7.39. The van der Waals surface area contributed by atoms with Crippen molar-refractivity contribution in [1.29, 1.82) is 5.26 Å².